The van der Waals surface area contributed by atoms with E-state index in [0.717, 1.165) is 18.1 Å². The van der Waals surface area contributed by atoms with Gasteiger partial charge in [-0.25, -0.2) is 0 Å². The summed E-state index contributed by atoms with van der Waals surface area (Å²) in [6, 6.07) is 7.25. The van der Waals surface area contributed by atoms with E-state index < -0.39 is 0 Å². The van der Waals surface area contributed by atoms with Crippen molar-refractivity contribution < 1.29 is 0 Å². The van der Waals surface area contributed by atoms with Crippen molar-refractivity contribution in [2.75, 3.05) is 0 Å². The molecule has 1 saturated carbocycles. The monoisotopic (exact) mass is 255 g/mol. The first kappa shape index (κ1) is 11.1. The number of rotatable bonds is 4. The fourth-order valence-corrected chi connectivity index (χ4v) is 2.73. The van der Waals surface area contributed by atoms with Gasteiger partial charge in [-0.05, 0) is 65.8 Å². The van der Waals surface area contributed by atoms with Crippen LogP contribution in [-0.2, 0) is 19.4 Å². The van der Waals surface area contributed by atoms with Crippen LogP contribution in [0.15, 0.2) is 18.2 Å². The minimum Gasteiger partial charge on any atom is -0.307 e. The molecular weight excluding hydrogens is 238 g/mol. The summed E-state index contributed by atoms with van der Waals surface area (Å²) < 4.78 is 1.86. The zero-order valence-corrected chi connectivity index (χ0v) is 10.8. The van der Waals surface area contributed by atoms with Crippen LogP contribution >= 0.6 is 0 Å². The van der Waals surface area contributed by atoms with Crippen LogP contribution in [0.1, 0.15) is 36.2 Å². The highest BCUT2D eigenvalue weighted by Crippen LogP contribution is 2.24. The number of benzene rings is 1. The second kappa shape index (κ2) is 4.42. The lowest BCUT2D eigenvalue weighted by Crippen LogP contribution is -2.18. The molecule has 0 radical (unpaired) electrons. The van der Waals surface area contributed by atoms with Gasteiger partial charge in [0.15, 0.2) is 5.82 Å². The summed E-state index contributed by atoms with van der Waals surface area (Å²) in [5.41, 5.74) is 4.02. The van der Waals surface area contributed by atoms with Gasteiger partial charge < -0.3 is 5.32 Å². The molecule has 1 N–H and O–H groups in total. The van der Waals surface area contributed by atoms with Crippen molar-refractivity contribution in [2.45, 2.75) is 44.7 Å². The number of nitrogens with one attached hydrogen (secondary N) is 1. The Bertz CT molecular complexity index is 600. The van der Waals surface area contributed by atoms with E-state index in [2.05, 4.69) is 39.0 Å². The molecule has 0 aliphatic heterocycles. The molecule has 1 heterocycles. The fraction of sp³-hybridized carbons (Fsp3) is 0.500. The minimum atomic E-state index is 0.671. The molecule has 2 aliphatic rings. The number of tetrazole rings is 1. The fourth-order valence-electron chi connectivity index (χ4n) is 2.73. The maximum atomic E-state index is 4.13. The van der Waals surface area contributed by atoms with Crippen LogP contribution in [0.2, 0.25) is 0 Å². The number of aromatic nitrogens is 4. The van der Waals surface area contributed by atoms with Crippen LogP contribution in [0.25, 0.3) is 5.69 Å². The Kier molecular flexibility index (Phi) is 2.58. The third-order valence-electron chi connectivity index (χ3n) is 3.99. The molecule has 5 heteroatoms. The smallest absolute Gasteiger partial charge is 0.170 e. The molecule has 0 amide bonds. The predicted molar refractivity (Wildman–Crippen MR) is 71.0 cm³/mol. The normalized spacial score (nSPS) is 17.7. The molecule has 0 atom stereocenters. The lowest BCUT2D eigenvalue weighted by molar-refractivity contribution is 0.637. The molecule has 1 fully saturated rings. The Labute approximate surface area is 112 Å². The average molecular weight is 255 g/mol. The van der Waals surface area contributed by atoms with Crippen molar-refractivity contribution in [3.63, 3.8) is 0 Å². The number of aryl methyl sites for hydroxylation is 2. The van der Waals surface area contributed by atoms with Gasteiger partial charge in [0, 0.05) is 6.04 Å². The Hall–Kier alpha value is -1.75. The van der Waals surface area contributed by atoms with E-state index in [1.165, 1.54) is 43.2 Å². The summed E-state index contributed by atoms with van der Waals surface area (Å²) in [4.78, 5) is 0. The molecule has 2 aromatic rings. The van der Waals surface area contributed by atoms with Crippen molar-refractivity contribution >= 4 is 0 Å². The summed E-state index contributed by atoms with van der Waals surface area (Å²) >= 11 is 0. The highest BCUT2D eigenvalue weighted by Gasteiger charge is 2.21. The average Bonchev–Trinajstić information content (AvgIpc) is 2.97. The van der Waals surface area contributed by atoms with Crippen molar-refractivity contribution in [1.82, 2.24) is 25.5 Å². The molecule has 0 bridgehead atoms. The quantitative estimate of drug-likeness (QED) is 0.897. The standard InChI is InChI=1S/C14H17N5/c1-2-10-4-7-13(8-11(10)3-1)19-14(16-17-18-19)9-15-12-5-6-12/h4,7-8,12,15H,1-3,5-6,9H2. The first-order valence-electron chi connectivity index (χ1n) is 7.03. The van der Waals surface area contributed by atoms with Gasteiger partial charge in [-0.15, -0.1) is 5.10 Å². The molecule has 98 valence electrons. The maximum absolute atomic E-state index is 4.13. The predicted octanol–water partition coefficient (Wildman–Crippen LogP) is 1.40. The van der Waals surface area contributed by atoms with Gasteiger partial charge in [0.05, 0.1) is 12.2 Å². The molecule has 4 rings (SSSR count). The van der Waals surface area contributed by atoms with Gasteiger partial charge in [0.25, 0.3) is 0 Å². The SMILES string of the molecule is c1cc2c(cc1-n1nnnc1CNC1CC1)CCC2. The zero-order valence-electron chi connectivity index (χ0n) is 10.8. The summed E-state index contributed by atoms with van der Waals surface area (Å²) in [6.07, 6.45) is 6.22. The van der Waals surface area contributed by atoms with Gasteiger partial charge in [-0.1, -0.05) is 6.07 Å². The molecule has 1 aromatic heterocycles. The molecule has 5 nitrogen and oxygen atoms in total. The van der Waals surface area contributed by atoms with Crippen molar-refractivity contribution in [3.8, 4) is 5.69 Å². The van der Waals surface area contributed by atoms with Crippen LogP contribution in [0, 0.1) is 0 Å². The number of nitrogens with zero attached hydrogens (tertiary/aromatic N) is 4. The molecule has 0 spiro atoms. The summed E-state index contributed by atoms with van der Waals surface area (Å²) in [5.74, 6) is 0.893. The van der Waals surface area contributed by atoms with Crippen molar-refractivity contribution in [2.24, 2.45) is 0 Å². The zero-order chi connectivity index (χ0) is 12.7. The first-order valence-corrected chi connectivity index (χ1v) is 7.03. The molecule has 0 saturated heterocycles. The number of hydrogen-bond donors (Lipinski definition) is 1. The topological polar surface area (TPSA) is 55.6 Å². The highest BCUT2D eigenvalue weighted by molar-refractivity contribution is 5.42. The van der Waals surface area contributed by atoms with E-state index in [0.29, 0.717) is 6.04 Å². The van der Waals surface area contributed by atoms with Crippen LogP contribution in [0.4, 0.5) is 0 Å². The second-order valence-corrected chi connectivity index (χ2v) is 5.47. The molecule has 1 aromatic carbocycles. The Morgan fingerprint density at radius 3 is 3.00 bits per heavy atom. The van der Waals surface area contributed by atoms with Gasteiger partial charge in [0.1, 0.15) is 0 Å². The van der Waals surface area contributed by atoms with E-state index in [1.807, 2.05) is 4.68 Å². The lowest BCUT2D eigenvalue weighted by atomic mass is 10.1. The maximum Gasteiger partial charge on any atom is 0.170 e. The van der Waals surface area contributed by atoms with E-state index in [-0.39, 0.29) is 0 Å². The van der Waals surface area contributed by atoms with Gasteiger partial charge in [-0.2, -0.15) is 4.68 Å². The third kappa shape index (κ3) is 2.14. The Balaban J connectivity index is 1.62. The van der Waals surface area contributed by atoms with Gasteiger partial charge in [-0.3, -0.25) is 0 Å². The van der Waals surface area contributed by atoms with E-state index in [4.69, 9.17) is 0 Å². The van der Waals surface area contributed by atoms with Crippen molar-refractivity contribution in [1.29, 1.82) is 0 Å². The molecule has 0 unspecified atom stereocenters. The second-order valence-electron chi connectivity index (χ2n) is 5.47. The largest absolute Gasteiger partial charge is 0.307 e. The summed E-state index contributed by atoms with van der Waals surface area (Å²) in [7, 11) is 0. The van der Waals surface area contributed by atoms with E-state index >= 15 is 0 Å². The lowest BCUT2D eigenvalue weighted by Gasteiger charge is -2.07. The van der Waals surface area contributed by atoms with Crippen LogP contribution in [0.3, 0.4) is 0 Å². The minimum absolute atomic E-state index is 0.671. The van der Waals surface area contributed by atoms with E-state index in [1.54, 1.807) is 0 Å². The van der Waals surface area contributed by atoms with Crippen LogP contribution in [-0.4, -0.2) is 26.2 Å². The molecule has 2 aliphatic carbocycles. The van der Waals surface area contributed by atoms with E-state index in [9.17, 15) is 0 Å². The van der Waals surface area contributed by atoms with Gasteiger partial charge >= 0.3 is 0 Å². The molecule has 19 heavy (non-hydrogen) atoms. The third-order valence-corrected chi connectivity index (χ3v) is 3.99. The van der Waals surface area contributed by atoms with Crippen LogP contribution < -0.4 is 5.32 Å². The summed E-state index contributed by atoms with van der Waals surface area (Å²) in [5, 5.41) is 15.5. The summed E-state index contributed by atoms with van der Waals surface area (Å²) in [6.45, 7) is 0.745. The number of fused-ring (bicyclic) bond motifs is 1. The van der Waals surface area contributed by atoms with Crippen LogP contribution in [0.5, 0.6) is 0 Å². The Morgan fingerprint density at radius 1 is 1.21 bits per heavy atom. The number of hydrogen-bond acceptors (Lipinski definition) is 4. The highest BCUT2D eigenvalue weighted by atomic mass is 15.5. The van der Waals surface area contributed by atoms with Crippen molar-refractivity contribution in [3.05, 3.63) is 35.2 Å². The first-order chi connectivity index (χ1) is 9.40. The molecular formula is C14H17N5. The van der Waals surface area contributed by atoms with Gasteiger partial charge in [0.2, 0.25) is 0 Å². The Morgan fingerprint density at radius 2 is 2.11 bits per heavy atom.